The van der Waals surface area contributed by atoms with Gasteiger partial charge in [-0.15, -0.1) is 0 Å². The molecule has 2 aromatic rings. The lowest BCUT2D eigenvalue weighted by Gasteiger charge is -2.43. The average molecular weight is 349 g/mol. The Morgan fingerprint density at radius 3 is 2.58 bits per heavy atom. The van der Waals surface area contributed by atoms with Gasteiger partial charge in [-0.3, -0.25) is 9.79 Å². The largest absolute Gasteiger partial charge is 0.468 e. The number of aliphatic hydroxyl groups excluding tert-OH is 1. The number of rotatable bonds is 3. The monoisotopic (exact) mass is 349 g/mol. The van der Waals surface area contributed by atoms with Crippen molar-refractivity contribution >= 4 is 23.7 Å². The zero-order chi connectivity index (χ0) is 18.3. The fourth-order valence-corrected chi connectivity index (χ4v) is 4.35. The molecule has 1 fully saturated rings. The van der Waals surface area contributed by atoms with Gasteiger partial charge in [0.25, 0.3) is 0 Å². The summed E-state index contributed by atoms with van der Waals surface area (Å²) in [6, 6.07) is 16.7. The maximum atomic E-state index is 12.7. The molecule has 4 unspecified atom stereocenters. The van der Waals surface area contributed by atoms with Crippen molar-refractivity contribution in [2.75, 3.05) is 7.11 Å². The number of aldehydes is 1. The number of carbonyl (C=O) groups excluding carboxylic acids is 2. The summed E-state index contributed by atoms with van der Waals surface area (Å²) in [5.74, 6) is -1.47. The molecule has 4 rings (SSSR count). The summed E-state index contributed by atoms with van der Waals surface area (Å²) in [6.45, 7) is 0. The molecule has 1 aliphatic carbocycles. The normalized spacial score (nSPS) is 29.3. The summed E-state index contributed by atoms with van der Waals surface area (Å²) >= 11 is 0. The molecule has 4 atom stereocenters. The summed E-state index contributed by atoms with van der Waals surface area (Å²) in [7, 11) is 1.33. The van der Waals surface area contributed by atoms with Crippen LogP contribution in [0.15, 0.2) is 59.6 Å². The number of hydrogen-bond donors (Lipinski definition) is 1. The fraction of sp³-hybridized carbons (Fsp3) is 0.286. The van der Waals surface area contributed by atoms with Crippen molar-refractivity contribution in [1.82, 2.24) is 0 Å². The van der Waals surface area contributed by atoms with Gasteiger partial charge >= 0.3 is 5.97 Å². The molecule has 1 saturated carbocycles. The molecule has 0 bridgehead atoms. The van der Waals surface area contributed by atoms with E-state index in [1.807, 2.05) is 42.5 Å². The van der Waals surface area contributed by atoms with Gasteiger partial charge in [-0.2, -0.15) is 0 Å². The van der Waals surface area contributed by atoms with E-state index in [1.165, 1.54) is 7.11 Å². The Bertz CT molecular complexity index is 892. The quantitative estimate of drug-likeness (QED) is 0.682. The lowest BCUT2D eigenvalue weighted by atomic mass is 9.59. The van der Waals surface area contributed by atoms with Gasteiger partial charge in [0, 0.05) is 5.92 Å². The molecular weight excluding hydrogens is 330 g/mol. The van der Waals surface area contributed by atoms with Gasteiger partial charge in [-0.25, -0.2) is 0 Å². The smallest absolute Gasteiger partial charge is 0.315 e. The van der Waals surface area contributed by atoms with Crippen molar-refractivity contribution < 1.29 is 19.4 Å². The Kier molecular flexibility index (Phi) is 3.96. The minimum Gasteiger partial charge on any atom is -0.468 e. The number of ether oxygens (including phenoxy) is 1. The van der Waals surface area contributed by atoms with E-state index >= 15 is 0 Å². The van der Waals surface area contributed by atoms with Crippen LogP contribution in [0, 0.1) is 5.92 Å². The molecule has 0 spiro atoms. The summed E-state index contributed by atoms with van der Waals surface area (Å²) in [5, 5.41) is 11.0. The van der Waals surface area contributed by atoms with Crippen LogP contribution in [-0.4, -0.2) is 36.3 Å². The second kappa shape index (κ2) is 6.18. The van der Waals surface area contributed by atoms with Crippen LogP contribution in [0.2, 0.25) is 0 Å². The number of benzene rings is 2. The zero-order valence-electron chi connectivity index (χ0n) is 14.3. The van der Waals surface area contributed by atoms with E-state index in [9.17, 15) is 14.7 Å². The number of para-hydroxylation sites is 1. The first-order chi connectivity index (χ1) is 12.6. The Morgan fingerprint density at radius 2 is 1.88 bits per heavy atom. The van der Waals surface area contributed by atoms with Crippen LogP contribution in [0.25, 0.3) is 0 Å². The molecule has 5 nitrogen and oxygen atoms in total. The lowest BCUT2D eigenvalue weighted by molar-refractivity contribution is -0.144. The summed E-state index contributed by atoms with van der Waals surface area (Å²) in [5.41, 5.74) is 1.28. The van der Waals surface area contributed by atoms with E-state index in [0.717, 1.165) is 11.8 Å². The van der Waals surface area contributed by atoms with Crippen molar-refractivity contribution in [3.05, 3.63) is 65.7 Å². The first-order valence-corrected chi connectivity index (χ1v) is 8.59. The van der Waals surface area contributed by atoms with Crippen molar-refractivity contribution in [2.24, 2.45) is 10.9 Å². The number of methoxy groups -OCH3 is 1. The summed E-state index contributed by atoms with van der Waals surface area (Å²) < 4.78 is 5.06. The maximum absolute atomic E-state index is 12.7. The highest BCUT2D eigenvalue weighted by atomic mass is 16.5. The highest BCUT2D eigenvalue weighted by Crippen LogP contribution is 2.52. The third-order valence-electron chi connectivity index (χ3n) is 5.58. The van der Waals surface area contributed by atoms with E-state index < -0.39 is 23.4 Å². The number of nitrogens with zero attached hydrogens (tertiary/aromatic N) is 1. The van der Waals surface area contributed by atoms with Crippen LogP contribution in [0.1, 0.15) is 23.5 Å². The van der Waals surface area contributed by atoms with Crippen LogP contribution >= 0.6 is 0 Å². The topological polar surface area (TPSA) is 76.0 Å². The predicted molar refractivity (Wildman–Crippen MR) is 96.6 cm³/mol. The van der Waals surface area contributed by atoms with Gasteiger partial charge in [0.05, 0.1) is 24.6 Å². The minimum atomic E-state index is -1.29. The fourth-order valence-electron chi connectivity index (χ4n) is 4.35. The number of esters is 1. The number of fused-ring (bicyclic) bond motifs is 3. The summed E-state index contributed by atoms with van der Waals surface area (Å²) in [4.78, 5) is 29.6. The average Bonchev–Trinajstić information content (AvgIpc) is 3.03. The van der Waals surface area contributed by atoms with Crippen LogP contribution in [0.3, 0.4) is 0 Å². The molecule has 1 N–H and O–H groups in total. The third kappa shape index (κ3) is 2.17. The van der Waals surface area contributed by atoms with Gasteiger partial charge < -0.3 is 14.6 Å². The molecule has 0 radical (unpaired) electrons. The minimum absolute atomic E-state index is 0.274. The lowest BCUT2D eigenvalue weighted by Crippen LogP contribution is -2.56. The maximum Gasteiger partial charge on any atom is 0.315 e. The predicted octanol–water partition coefficient (Wildman–Crippen LogP) is 2.55. The van der Waals surface area contributed by atoms with E-state index in [0.29, 0.717) is 17.0 Å². The van der Waals surface area contributed by atoms with Crippen molar-refractivity contribution in [2.45, 2.75) is 23.9 Å². The second-order valence-corrected chi connectivity index (χ2v) is 6.77. The first kappa shape index (κ1) is 16.7. The van der Waals surface area contributed by atoms with Gasteiger partial charge in [0.15, 0.2) is 0 Å². The molecular formula is C21H19NO4. The van der Waals surface area contributed by atoms with E-state index in [-0.39, 0.29) is 12.3 Å². The SMILES string of the molecule is COC(=O)C1C2=Nc3ccccc3C2(C=O)C(O)CC1c1ccccc1. The molecule has 1 heterocycles. The Morgan fingerprint density at radius 1 is 1.19 bits per heavy atom. The highest BCUT2D eigenvalue weighted by Gasteiger charge is 2.59. The van der Waals surface area contributed by atoms with E-state index in [2.05, 4.69) is 4.99 Å². The third-order valence-corrected chi connectivity index (χ3v) is 5.58. The van der Waals surface area contributed by atoms with Gasteiger partial charge in [0.1, 0.15) is 17.6 Å². The zero-order valence-corrected chi connectivity index (χ0v) is 14.3. The molecule has 1 aliphatic heterocycles. The number of aliphatic imine (C=N–C) groups is 1. The molecule has 2 aromatic carbocycles. The van der Waals surface area contributed by atoms with Crippen molar-refractivity contribution in [1.29, 1.82) is 0 Å². The molecule has 5 heteroatoms. The molecule has 0 saturated heterocycles. The summed E-state index contributed by atoms with van der Waals surface area (Å²) in [6.07, 6.45) is 0.0449. The number of aliphatic hydroxyl groups is 1. The first-order valence-electron chi connectivity index (χ1n) is 8.59. The Balaban J connectivity index is 1.92. The highest BCUT2D eigenvalue weighted by molar-refractivity contribution is 6.20. The second-order valence-electron chi connectivity index (χ2n) is 6.77. The van der Waals surface area contributed by atoms with Gasteiger partial charge in [0.2, 0.25) is 0 Å². The standard InChI is InChI=1S/C21H19NO4/c1-26-20(25)18-14(13-7-3-2-4-8-13)11-17(24)21(12-23)15-9-5-6-10-16(15)22-19(18)21/h2-10,12,14,17-18,24H,11H2,1H3. The van der Waals surface area contributed by atoms with Gasteiger partial charge in [-0.05, 0) is 23.6 Å². The van der Waals surface area contributed by atoms with Gasteiger partial charge in [-0.1, -0.05) is 48.5 Å². The van der Waals surface area contributed by atoms with E-state index in [1.54, 1.807) is 12.1 Å². The van der Waals surface area contributed by atoms with E-state index in [4.69, 9.17) is 4.74 Å². The van der Waals surface area contributed by atoms with Crippen LogP contribution < -0.4 is 0 Å². The number of carbonyl (C=O) groups is 2. The van der Waals surface area contributed by atoms with Crippen LogP contribution in [-0.2, 0) is 19.7 Å². The Labute approximate surface area is 151 Å². The van der Waals surface area contributed by atoms with Crippen LogP contribution in [0.5, 0.6) is 0 Å². The molecule has 26 heavy (non-hydrogen) atoms. The van der Waals surface area contributed by atoms with Crippen LogP contribution in [0.4, 0.5) is 5.69 Å². The molecule has 0 amide bonds. The number of hydrogen-bond acceptors (Lipinski definition) is 5. The van der Waals surface area contributed by atoms with Crippen molar-refractivity contribution in [3.63, 3.8) is 0 Å². The van der Waals surface area contributed by atoms with Crippen molar-refractivity contribution in [3.8, 4) is 0 Å². The molecule has 2 aliphatic rings. The molecule has 0 aromatic heterocycles. The molecule has 132 valence electrons. The Hall–Kier alpha value is -2.79.